The van der Waals surface area contributed by atoms with E-state index >= 15 is 0 Å². The summed E-state index contributed by atoms with van der Waals surface area (Å²) < 4.78 is 10.9. The average molecular weight is 351 g/mol. The highest BCUT2D eigenvalue weighted by Crippen LogP contribution is 2.28. The standard InChI is InChI=1S/C20H33NO4/c1-5-7-8-16(6-2)12-21-13-18(23)14-25-19-10-9-17(15(3)22)11-20(19)24-4/h9-11,16,18,21,23H,5-8,12-14H2,1-4H3/t16-,18+/m0/s1. The summed E-state index contributed by atoms with van der Waals surface area (Å²) in [7, 11) is 1.53. The molecule has 0 heterocycles. The molecular weight excluding hydrogens is 318 g/mol. The van der Waals surface area contributed by atoms with Gasteiger partial charge in [0.15, 0.2) is 17.3 Å². The van der Waals surface area contributed by atoms with Crippen LogP contribution in [0.2, 0.25) is 0 Å². The number of hydrogen-bond donors (Lipinski definition) is 2. The third-order valence-corrected chi connectivity index (χ3v) is 4.36. The number of unbranched alkanes of at least 4 members (excludes halogenated alkanes) is 1. The van der Waals surface area contributed by atoms with Crippen LogP contribution in [-0.2, 0) is 0 Å². The van der Waals surface area contributed by atoms with Gasteiger partial charge in [0.1, 0.15) is 12.7 Å². The lowest BCUT2D eigenvalue weighted by molar-refractivity contribution is 0.101. The van der Waals surface area contributed by atoms with Crippen LogP contribution in [0.25, 0.3) is 0 Å². The maximum absolute atomic E-state index is 11.4. The summed E-state index contributed by atoms with van der Waals surface area (Å²) in [5.74, 6) is 1.66. The Morgan fingerprint density at radius 2 is 2.00 bits per heavy atom. The van der Waals surface area contributed by atoms with Gasteiger partial charge in [-0.05, 0) is 44.0 Å². The second kappa shape index (κ2) is 11.9. The molecule has 2 atom stereocenters. The predicted octanol–water partition coefficient (Wildman–Crippen LogP) is 3.44. The fraction of sp³-hybridized carbons (Fsp3) is 0.650. The molecule has 1 aromatic rings. The van der Waals surface area contributed by atoms with Crippen LogP contribution < -0.4 is 14.8 Å². The zero-order chi connectivity index (χ0) is 18.7. The minimum atomic E-state index is -0.596. The smallest absolute Gasteiger partial charge is 0.161 e. The van der Waals surface area contributed by atoms with Crippen molar-refractivity contribution in [3.63, 3.8) is 0 Å². The summed E-state index contributed by atoms with van der Waals surface area (Å²) in [6.07, 6.45) is 4.26. The highest BCUT2D eigenvalue weighted by Gasteiger charge is 2.12. The third-order valence-electron chi connectivity index (χ3n) is 4.36. The van der Waals surface area contributed by atoms with Crippen LogP contribution >= 0.6 is 0 Å². The lowest BCUT2D eigenvalue weighted by Crippen LogP contribution is -2.34. The van der Waals surface area contributed by atoms with E-state index in [1.165, 1.54) is 33.3 Å². The van der Waals surface area contributed by atoms with E-state index in [1.807, 2.05) is 0 Å². The van der Waals surface area contributed by atoms with E-state index in [2.05, 4.69) is 19.2 Å². The van der Waals surface area contributed by atoms with Gasteiger partial charge in [-0.25, -0.2) is 0 Å². The summed E-state index contributed by atoms with van der Waals surface area (Å²) in [5.41, 5.74) is 0.573. The molecule has 0 amide bonds. The van der Waals surface area contributed by atoms with Crippen molar-refractivity contribution in [2.45, 2.75) is 52.6 Å². The van der Waals surface area contributed by atoms with Gasteiger partial charge >= 0.3 is 0 Å². The molecule has 0 saturated carbocycles. The van der Waals surface area contributed by atoms with E-state index in [-0.39, 0.29) is 12.4 Å². The monoisotopic (exact) mass is 351 g/mol. The van der Waals surface area contributed by atoms with E-state index in [0.717, 1.165) is 13.0 Å². The molecule has 0 radical (unpaired) electrons. The van der Waals surface area contributed by atoms with Gasteiger partial charge in [0.25, 0.3) is 0 Å². The first-order valence-corrected chi connectivity index (χ1v) is 9.22. The van der Waals surface area contributed by atoms with Gasteiger partial charge < -0.3 is 19.9 Å². The SMILES string of the molecule is CCCC[C@H](CC)CNC[C@@H](O)COc1ccc(C(C)=O)cc1OC. The lowest BCUT2D eigenvalue weighted by Gasteiger charge is -2.18. The zero-order valence-electron chi connectivity index (χ0n) is 16.0. The van der Waals surface area contributed by atoms with Gasteiger partial charge in [0.2, 0.25) is 0 Å². The number of hydrogen-bond acceptors (Lipinski definition) is 5. The molecule has 0 aliphatic rings. The Labute approximate surface area is 151 Å². The lowest BCUT2D eigenvalue weighted by atomic mass is 9.99. The zero-order valence-corrected chi connectivity index (χ0v) is 16.0. The predicted molar refractivity (Wildman–Crippen MR) is 101 cm³/mol. The van der Waals surface area contributed by atoms with E-state index in [0.29, 0.717) is 29.5 Å². The number of ether oxygens (including phenoxy) is 2. The Hall–Kier alpha value is -1.59. The van der Waals surface area contributed by atoms with Crippen molar-refractivity contribution < 1.29 is 19.4 Å². The highest BCUT2D eigenvalue weighted by atomic mass is 16.5. The number of Topliss-reactive ketones (excluding diaryl/α,β-unsaturated/α-hetero) is 1. The quantitative estimate of drug-likeness (QED) is 0.533. The van der Waals surface area contributed by atoms with Crippen molar-refractivity contribution in [3.05, 3.63) is 23.8 Å². The number of methoxy groups -OCH3 is 1. The maximum Gasteiger partial charge on any atom is 0.161 e. The molecule has 0 aliphatic carbocycles. The van der Waals surface area contributed by atoms with Gasteiger partial charge in [0, 0.05) is 12.1 Å². The number of aliphatic hydroxyl groups excluding tert-OH is 1. The fourth-order valence-corrected chi connectivity index (χ4v) is 2.65. The molecule has 142 valence electrons. The van der Waals surface area contributed by atoms with E-state index in [4.69, 9.17) is 9.47 Å². The number of rotatable bonds is 13. The van der Waals surface area contributed by atoms with Gasteiger partial charge in [0.05, 0.1) is 7.11 Å². The molecule has 25 heavy (non-hydrogen) atoms. The highest BCUT2D eigenvalue weighted by molar-refractivity contribution is 5.94. The van der Waals surface area contributed by atoms with Crippen LogP contribution in [0.1, 0.15) is 56.8 Å². The number of ketones is 1. The first-order chi connectivity index (χ1) is 12.0. The van der Waals surface area contributed by atoms with Crippen LogP contribution in [0.5, 0.6) is 11.5 Å². The minimum absolute atomic E-state index is 0.0253. The second-order valence-electron chi connectivity index (χ2n) is 6.46. The average Bonchev–Trinajstić information content (AvgIpc) is 2.62. The van der Waals surface area contributed by atoms with Gasteiger partial charge in [-0.15, -0.1) is 0 Å². The van der Waals surface area contributed by atoms with Crippen molar-refractivity contribution in [2.75, 3.05) is 26.8 Å². The molecule has 1 rings (SSSR count). The molecule has 5 nitrogen and oxygen atoms in total. The molecule has 2 N–H and O–H groups in total. The normalized spacial score (nSPS) is 13.3. The number of nitrogens with one attached hydrogen (secondary N) is 1. The largest absolute Gasteiger partial charge is 0.493 e. The van der Waals surface area contributed by atoms with E-state index in [1.54, 1.807) is 18.2 Å². The fourth-order valence-electron chi connectivity index (χ4n) is 2.65. The van der Waals surface area contributed by atoms with Crippen molar-refractivity contribution in [1.29, 1.82) is 0 Å². The van der Waals surface area contributed by atoms with Gasteiger partial charge in [-0.2, -0.15) is 0 Å². The number of carbonyl (C=O) groups excluding carboxylic acids is 1. The topological polar surface area (TPSA) is 67.8 Å². The molecule has 1 aromatic carbocycles. The van der Waals surface area contributed by atoms with E-state index in [9.17, 15) is 9.90 Å². The Bertz CT molecular complexity index is 518. The molecule has 0 aliphatic heterocycles. The summed E-state index contributed by atoms with van der Waals surface area (Å²) in [6.45, 7) is 7.51. The van der Waals surface area contributed by atoms with Crippen LogP contribution in [-0.4, -0.2) is 43.8 Å². The molecular formula is C20H33NO4. The van der Waals surface area contributed by atoms with Crippen molar-refractivity contribution in [3.8, 4) is 11.5 Å². The van der Waals surface area contributed by atoms with Gasteiger partial charge in [-0.1, -0.05) is 33.1 Å². The Kier molecular flexibility index (Phi) is 10.2. The second-order valence-corrected chi connectivity index (χ2v) is 6.46. The summed E-state index contributed by atoms with van der Waals surface area (Å²) >= 11 is 0. The summed E-state index contributed by atoms with van der Waals surface area (Å²) in [6, 6.07) is 5.06. The van der Waals surface area contributed by atoms with Gasteiger partial charge in [-0.3, -0.25) is 4.79 Å². The first kappa shape index (κ1) is 21.5. The Balaban J connectivity index is 2.40. The number of benzene rings is 1. The third kappa shape index (κ3) is 7.88. The van der Waals surface area contributed by atoms with Crippen LogP contribution in [0, 0.1) is 5.92 Å². The number of carbonyl (C=O) groups is 1. The van der Waals surface area contributed by atoms with Crippen molar-refractivity contribution in [2.24, 2.45) is 5.92 Å². The minimum Gasteiger partial charge on any atom is -0.493 e. The molecule has 5 heteroatoms. The first-order valence-electron chi connectivity index (χ1n) is 9.22. The maximum atomic E-state index is 11.4. The van der Waals surface area contributed by atoms with Crippen LogP contribution in [0.4, 0.5) is 0 Å². The molecule has 0 saturated heterocycles. The molecule has 0 bridgehead atoms. The van der Waals surface area contributed by atoms with Crippen molar-refractivity contribution in [1.82, 2.24) is 5.32 Å². The summed E-state index contributed by atoms with van der Waals surface area (Å²) in [5, 5.41) is 13.4. The molecule has 0 fully saturated rings. The Morgan fingerprint density at radius 1 is 1.24 bits per heavy atom. The molecule has 0 aromatic heterocycles. The van der Waals surface area contributed by atoms with Crippen molar-refractivity contribution >= 4 is 5.78 Å². The molecule has 0 unspecified atom stereocenters. The van der Waals surface area contributed by atoms with E-state index < -0.39 is 6.10 Å². The van der Waals surface area contributed by atoms with Crippen LogP contribution in [0.15, 0.2) is 18.2 Å². The summed E-state index contributed by atoms with van der Waals surface area (Å²) in [4.78, 5) is 11.4. The van der Waals surface area contributed by atoms with Crippen LogP contribution in [0.3, 0.4) is 0 Å². The Morgan fingerprint density at radius 3 is 2.60 bits per heavy atom. The number of aliphatic hydroxyl groups is 1. The molecule has 0 spiro atoms.